The minimum atomic E-state index is -2.40. The lowest BCUT2D eigenvalue weighted by Crippen LogP contribution is -2.24. The number of hydrogen-bond donors (Lipinski definition) is 2. The third-order valence-electron chi connectivity index (χ3n) is 1.20. The number of nitrogens with one attached hydrogen (secondary N) is 2. The van der Waals surface area contributed by atoms with Crippen molar-refractivity contribution in [2.45, 2.75) is 0 Å². The second kappa shape index (κ2) is 8.72. The fraction of sp³-hybridized carbons (Fsp3) is 0.250. The van der Waals surface area contributed by atoms with Crippen molar-refractivity contribution in [1.82, 2.24) is 10.6 Å². The lowest BCUT2D eigenvalue weighted by Gasteiger charge is -1.95. The van der Waals surface area contributed by atoms with E-state index in [0.717, 1.165) is 12.2 Å². The summed E-state index contributed by atoms with van der Waals surface area (Å²) in [4.78, 5) is 21.2. The number of carbonyl (C=O) groups is 2. The van der Waals surface area contributed by atoms with E-state index in [1.54, 1.807) is 0 Å². The molecule has 0 fully saturated rings. The molecule has 0 unspecified atom stereocenters. The zero-order valence-corrected chi connectivity index (χ0v) is 9.37. The van der Waals surface area contributed by atoms with E-state index >= 15 is 0 Å². The molecule has 0 bridgehead atoms. The number of carbonyl (C=O) groups excluding carboxylic acids is 2. The minimum Gasteiger partial charge on any atom is -0.325 e. The van der Waals surface area contributed by atoms with Crippen LogP contribution in [0.15, 0.2) is 25.3 Å². The van der Waals surface area contributed by atoms with Gasteiger partial charge in [0.2, 0.25) is 11.8 Å². The van der Waals surface area contributed by atoms with Crippen molar-refractivity contribution in [3.05, 3.63) is 25.3 Å². The molecule has 0 radical (unpaired) electrons. The summed E-state index contributed by atoms with van der Waals surface area (Å²) in [6.07, 6.45) is 2.09. The zero-order valence-electron chi connectivity index (χ0n) is 8.47. The highest BCUT2D eigenvalue weighted by Gasteiger charge is 2.20. The number of amides is 2. The van der Waals surface area contributed by atoms with Crippen molar-refractivity contribution >= 4 is 20.1 Å². The summed E-state index contributed by atoms with van der Waals surface area (Å²) >= 11 is 0. The maximum absolute atomic E-state index is 10.9. The summed E-state index contributed by atoms with van der Waals surface area (Å²) < 4.78 is 20.1. The van der Waals surface area contributed by atoms with Crippen LogP contribution in [0.3, 0.4) is 0 Å². The van der Waals surface area contributed by atoms with Gasteiger partial charge in [-0.05, 0) is 12.2 Å². The second-order valence-electron chi connectivity index (χ2n) is 2.26. The first-order chi connectivity index (χ1) is 7.60. The summed E-state index contributed by atoms with van der Waals surface area (Å²) in [6, 6.07) is 0. The minimum absolute atomic E-state index is 0.268. The van der Waals surface area contributed by atoms with Gasteiger partial charge in [0, 0.05) is 4.57 Å². The van der Waals surface area contributed by atoms with Gasteiger partial charge in [-0.25, -0.2) is 0 Å². The van der Waals surface area contributed by atoms with E-state index < -0.39 is 20.1 Å². The van der Waals surface area contributed by atoms with Gasteiger partial charge in [-0.2, -0.15) is 0 Å². The van der Waals surface area contributed by atoms with Crippen molar-refractivity contribution < 1.29 is 23.2 Å². The first-order valence-electron chi connectivity index (χ1n) is 4.13. The first kappa shape index (κ1) is 14.4. The van der Waals surface area contributed by atoms with Crippen LogP contribution in [0.5, 0.6) is 0 Å². The van der Waals surface area contributed by atoms with E-state index in [2.05, 4.69) is 32.8 Å². The molecule has 0 aliphatic rings. The highest BCUT2D eigenvalue weighted by atomic mass is 31.1. The summed E-state index contributed by atoms with van der Waals surface area (Å²) in [5, 5.41) is 4.45. The standard InChI is InChI=1S/C8H11N2O5P/c1-3-7(11)9-5-14-16(13)15-6-10-8(12)4-2/h3-4H,1-2,5-6H2,(H-,9,10,11,12)/p+1. The fourth-order valence-electron chi connectivity index (χ4n) is 0.494. The Hall–Kier alpha value is -1.56. The second-order valence-corrected chi connectivity index (χ2v) is 3.22. The molecule has 16 heavy (non-hydrogen) atoms. The molecule has 8 heteroatoms. The Balaban J connectivity index is 3.52. The predicted octanol–water partition coefficient (Wildman–Crippen LogP) is 0.196. The molecule has 88 valence electrons. The van der Waals surface area contributed by atoms with Gasteiger partial charge in [0.1, 0.15) is 0 Å². The molecule has 0 rings (SSSR count). The van der Waals surface area contributed by atoms with Crippen LogP contribution in [0, 0.1) is 0 Å². The Morgan fingerprint density at radius 3 is 1.75 bits per heavy atom. The summed E-state index contributed by atoms with van der Waals surface area (Å²) in [5.41, 5.74) is 0. The SMILES string of the molecule is C=CC(=O)NCO[P+](=O)OCNC(=O)C=C. The van der Waals surface area contributed by atoms with Crippen molar-refractivity contribution in [2.24, 2.45) is 0 Å². The van der Waals surface area contributed by atoms with E-state index in [1.165, 1.54) is 0 Å². The average Bonchev–Trinajstić information content (AvgIpc) is 2.28. The van der Waals surface area contributed by atoms with E-state index in [1.807, 2.05) is 0 Å². The van der Waals surface area contributed by atoms with Crippen LogP contribution in [0.25, 0.3) is 0 Å². The molecule has 0 saturated heterocycles. The molecule has 7 nitrogen and oxygen atoms in total. The van der Waals surface area contributed by atoms with Crippen LogP contribution in [0.1, 0.15) is 0 Å². The third-order valence-corrected chi connectivity index (χ3v) is 1.88. The van der Waals surface area contributed by atoms with E-state index in [0.29, 0.717) is 0 Å². The lowest BCUT2D eigenvalue weighted by atomic mass is 10.6. The Kier molecular flexibility index (Phi) is 7.87. The lowest BCUT2D eigenvalue weighted by molar-refractivity contribution is -0.117. The van der Waals surface area contributed by atoms with Gasteiger partial charge in [-0.1, -0.05) is 22.2 Å². The Morgan fingerprint density at radius 1 is 1.06 bits per heavy atom. The van der Waals surface area contributed by atoms with Gasteiger partial charge in [0.05, 0.1) is 0 Å². The highest BCUT2D eigenvalue weighted by molar-refractivity contribution is 7.33. The van der Waals surface area contributed by atoms with Crippen LogP contribution in [0.4, 0.5) is 0 Å². The molecular formula is C8H12N2O5P+. The van der Waals surface area contributed by atoms with Crippen LogP contribution in [-0.2, 0) is 23.2 Å². The van der Waals surface area contributed by atoms with Gasteiger partial charge in [-0.3, -0.25) is 9.59 Å². The van der Waals surface area contributed by atoms with Gasteiger partial charge in [0.25, 0.3) is 0 Å². The van der Waals surface area contributed by atoms with Crippen molar-refractivity contribution in [2.75, 3.05) is 13.5 Å². The zero-order chi connectivity index (χ0) is 12.4. The molecule has 0 spiro atoms. The number of rotatable bonds is 8. The molecule has 2 N–H and O–H groups in total. The number of hydrogen-bond acceptors (Lipinski definition) is 5. The summed E-state index contributed by atoms with van der Waals surface area (Å²) in [5.74, 6) is -0.910. The largest absolute Gasteiger partial charge is 0.701 e. The Morgan fingerprint density at radius 2 is 1.44 bits per heavy atom. The Bertz CT molecular complexity index is 277. The normalized spacial score (nSPS) is 9.00. The van der Waals surface area contributed by atoms with E-state index in [4.69, 9.17) is 0 Å². The molecule has 0 aromatic carbocycles. The first-order valence-corrected chi connectivity index (χ1v) is 5.23. The van der Waals surface area contributed by atoms with Crippen LogP contribution >= 0.6 is 8.25 Å². The van der Waals surface area contributed by atoms with Gasteiger partial charge < -0.3 is 10.6 Å². The summed E-state index contributed by atoms with van der Waals surface area (Å²) in [7, 11) is -2.40. The van der Waals surface area contributed by atoms with Gasteiger partial charge in [-0.15, -0.1) is 0 Å². The molecule has 0 heterocycles. The van der Waals surface area contributed by atoms with Crippen LogP contribution in [-0.4, -0.2) is 25.3 Å². The third kappa shape index (κ3) is 7.81. The molecule has 0 atom stereocenters. The highest BCUT2D eigenvalue weighted by Crippen LogP contribution is 2.21. The van der Waals surface area contributed by atoms with Crippen molar-refractivity contribution in [3.63, 3.8) is 0 Å². The molecule has 0 aliphatic heterocycles. The topological polar surface area (TPSA) is 93.7 Å². The average molecular weight is 247 g/mol. The fourth-order valence-corrected chi connectivity index (χ4v) is 0.908. The molecule has 0 saturated carbocycles. The predicted molar refractivity (Wildman–Crippen MR) is 56.2 cm³/mol. The van der Waals surface area contributed by atoms with Crippen molar-refractivity contribution in [3.8, 4) is 0 Å². The van der Waals surface area contributed by atoms with E-state index in [-0.39, 0.29) is 13.5 Å². The Labute approximate surface area is 93.4 Å². The summed E-state index contributed by atoms with van der Waals surface area (Å²) in [6.45, 7) is 5.88. The quantitative estimate of drug-likeness (QED) is 0.363. The maximum Gasteiger partial charge on any atom is 0.701 e. The van der Waals surface area contributed by atoms with Gasteiger partial charge >= 0.3 is 8.25 Å². The van der Waals surface area contributed by atoms with Crippen LogP contribution in [0.2, 0.25) is 0 Å². The van der Waals surface area contributed by atoms with Gasteiger partial charge in [0.15, 0.2) is 13.5 Å². The molecule has 0 aromatic heterocycles. The molecular weight excluding hydrogens is 235 g/mol. The molecule has 0 aromatic rings. The van der Waals surface area contributed by atoms with E-state index in [9.17, 15) is 14.2 Å². The molecule has 2 amide bonds. The monoisotopic (exact) mass is 247 g/mol. The van der Waals surface area contributed by atoms with Crippen molar-refractivity contribution in [1.29, 1.82) is 0 Å². The molecule has 0 aliphatic carbocycles. The maximum atomic E-state index is 10.9. The van der Waals surface area contributed by atoms with Crippen LogP contribution < -0.4 is 10.6 Å². The smallest absolute Gasteiger partial charge is 0.325 e.